The molecule has 4 rings (SSSR count). The number of hydrogen-bond donors (Lipinski definition) is 0. The molecule has 4 aliphatic heterocycles. The zero-order valence-electron chi connectivity index (χ0n) is 9.30. The molecular formula is C9H19N4PSe. The molecule has 0 bridgehead atoms. The Bertz CT molecular complexity index is 250. The Morgan fingerprint density at radius 2 is 0.933 bits per heavy atom. The molecule has 4 heterocycles. The molecule has 0 aromatic carbocycles. The first-order valence-electron chi connectivity index (χ1n) is 5.92. The van der Waals surface area contributed by atoms with Crippen LogP contribution in [0.4, 0.5) is 0 Å². The maximum absolute atomic E-state index is 2.91. The summed E-state index contributed by atoms with van der Waals surface area (Å²) in [6.07, 6.45) is 0. The molecule has 4 fully saturated rings. The fourth-order valence-electron chi connectivity index (χ4n) is 4.31. The van der Waals surface area contributed by atoms with Crippen LogP contribution < -0.4 is 0 Å². The number of rotatable bonds is 1. The van der Waals surface area contributed by atoms with E-state index in [9.17, 15) is 0 Å². The molecular weight excluding hydrogens is 274 g/mol. The molecule has 4 saturated heterocycles. The number of hydrogen-bond acceptors (Lipinski definition) is 4. The monoisotopic (exact) mass is 294 g/mol. The van der Waals surface area contributed by atoms with Gasteiger partial charge < -0.3 is 0 Å². The second-order valence-electron chi connectivity index (χ2n) is 4.86. The predicted octanol–water partition coefficient (Wildman–Crippen LogP) is 0.129. The van der Waals surface area contributed by atoms with E-state index in [-0.39, 0.29) is 0 Å². The second-order valence-corrected chi connectivity index (χ2v) is 15.6. The van der Waals surface area contributed by atoms with Crippen molar-refractivity contribution in [3.63, 3.8) is 0 Å². The van der Waals surface area contributed by atoms with E-state index in [0.717, 1.165) is 14.5 Å². The third kappa shape index (κ3) is 0.750. The van der Waals surface area contributed by atoms with Gasteiger partial charge in [-0.25, -0.2) is 0 Å². The first-order chi connectivity index (χ1) is 7.32. The molecule has 0 radical (unpaired) electrons. The summed E-state index contributed by atoms with van der Waals surface area (Å²) in [4.78, 5) is 0. The van der Waals surface area contributed by atoms with Crippen LogP contribution in [0.15, 0.2) is 0 Å². The molecule has 6 heteroatoms. The van der Waals surface area contributed by atoms with Crippen LogP contribution in [-0.4, -0.2) is 85.6 Å². The quantitative estimate of drug-likeness (QED) is 0.503. The van der Waals surface area contributed by atoms with Crippen molar-refractivity contribution in [1.82, 2.24) is 18.7 Å². The van der Waals surface area contributed by atoms with Crippen molar-refractivity contribution < 1.29 is 0 Å². The Morgan fingerprint density at radius 3 is 1.13 bits per heavy atom. The van der Waals surface area contributed by atoms with Crippen LogP contribution in [-0.2, 0) is 0 Å². The molecule has 0 N–H and O–H groups in total. The van der Waals surface area contributed by atoms with Crippen molar-refractivity contribution in [1.29, 1.82) is 0 Å². The molecule has 0 aromatic heterocycles. The van der Waals surface area contributed by atoms with Gasteiger partial charge in [0.1, 0.15) is 0 Å². The van der Waals surface area contributed by atoms with Gasteiger partial charge in [0.15, 0.2) is 0 Å². The standard InChI is InChI=1S/C9H19N4PSe/c1-15-14-10-2-3-11(14)6-7-13(14)9-8-12(14)5-4-10/h2-9H2,1H3. The van der Waals surface area contributed by atoms with Crippen LogP contribution in [0, 0.1) is 0 Å². The molecule has 0 atom stereocenters. The third-order valence-electron chi connectivity index (χ3n) is 4.77. The molecule has 0 aromatic rings. The van der Waals surface area contributed by atoms with Crippen LogP contribution in [0.2, 0.25) is 5.82 Å². The minimum atomic E-state index is -1.77. The topological polar surface area (TPSA) is 13.0 Å². The average Bonchev–Trinajstić information content (AvgIpc) is 2.83. The van der Waals surface area contributed by atoms with E-state index in [1.807, 2.05) is 0 Å². The summed E-state index contributed by atoms with van der Waals surface area (Å²) in [6.45, 7) is 10.8. The van der Waals surface area contributed by atoms with Gasteiger partial charge in [0.25, 0.3) is 0 Å². The van der Waals surface area contributed by atoms with Crippen LogP contribution in [0.5, 0.6) is 0 Å². The molecule has 15 heavy (non-hydrogen) atoms. The van der Waals surface area contributed by atoms with Crippen molar-refractivity contribution in [3.05, 3.63) is 0 Å². The van der Waals surface area contributed by atoms with Gasteiger partial charge in [-0.3, -0.25) is 0 Å². The Labute approximate surface area is 97.5 Å². The maximum atomic E-state index is 2.91. The van der Waals surface area contributed by atoms with Crippen molar-refractivity contribution in [2.24, 2.45) is 0 Å². The van der Waals surface area contributed by atoms with E-state index < -0.39 is 5.90 Å². The van der Waals surface area contributed by atoms with Gasteiger partial charge in [-0.1, -0.05) is 0 Å². The van der Waals surface area contributed by atoms with Gasteiger partial charge in [0.2, 0.25) is 0 Å². The van der Waals surface area contributed by atoms with Crippen LogP contribution in [0.1, 0.15) is 0 Å². The zero-order valence-corrected chi connectivity index (χ0v) is 11.9. The Balaban J connectivity index is 1.98. The van der Waals surface area contributed by atoms with Gasteiger partial charge in [0, 0.05) is 0 Å². The van der Waals surface area contributed by atoms with Gasteiger partial charge in [-0.15, -0.1) is 0 Å². The summed E-state index contributed by atoms with van der Waals surface area (Å²) < 4.78 is 11.6. The molecule has 86 valence electrons. The summed E-state index contributed by atoms with van der Waals surface area (Å²) >= 11 is 0.756. The summed E-state index contributed by atoms with van der Waals surface area (Å²) in [5.41, 5.74) is 0. The Hall–Kier alpha value is 0.789. The van der Waals surface area contributed by atoms with Crippen molar-refractivity contribution in [3.8, 4) is 0 Å². The Morgan fingerprint density at radius 1 is 0.667 bits per heavy atom. The fraction of sp³-hybridized carbons (Fsp3) is 1.00. The molecule has 1 spiro atoms. The predicted molar refractivity (Wildman–Crippen MR) is 64.8 cm³/mol. The van der Waals surface area contributed by atoms with Crippen molar-refractivity contribution >= 4 is 20.4 Å². The molecule has 0 aliphatic carbocycles. The molecule has 0 saturated carbocycles. The van der Waals surface area contributed by atoms with Crippen molar-refractivity contribution in [2.45, 2.75) is 5.82 Å². The van der Waals surface area contributed by atoms with Gasteiger partial charge >= 0.3 is 97.3 Å². The van der Waals surface area contributed by atoms with Crippen LogP contribution in [0.3, 0.4) is 0 Å². The summed E-state index contributed by atoms with van der Waals surface area (Å²) in [7, 11) is 0. The Kier molecular flexibility index (Phi) is 1.81. The average molecular weight is 293 g/mol. The van der Waals surface area contributed by atoms with E-state index in [1.165, 1.54) is 52.4 Å². The minimum absolute atomic E-state index is 0.756. The van der Waals surface area contributed by atoms with Gasteiger partial charge in [-0.05, 0) is 0 Å². The van der Waals surface area contributed by atoms with Crippen molar-refractivity contribution in [2.75, 3.05) is 52.4 Å². The van der Waals surface area contributed by atoms with E-state index in [2.05, 4.69) is 24.5 Å². The summed E-state index contributed by atoms with van der Waals surface area (Å²) in [6, 6.07) is 0. The molecule has 0 unspecified atom stereocenters. The molecule has 4 nitrogen and oxygen atoms in total. The van der Waals surface area contributed by atoms with E-state index in [4.69, 9.17) is 0 Å². The summed E-state index contributed by atoms with van der Waals surface area (Å²) in [5.74, 6) is 0.725. The molecule has 4 aliphatic rings. The van der Waals surface area contributed by atoms with E-state index in [0.29, 0.717) is 0 Å². The van der Waals surface area contributed by atoms with Crippen LogP contribution >= 0.6 is 5.90 Å². The van der Waals surface area contributed by atoms with Crippen LogP contribution in [0.25, 0.3) is 0 Å². The second kappa shape index (κ2) is 2.78. The van der Waals surface area contributed by atoms with E-state index in [1.54, 1.807) is 0 Å². The number of nitrogens with zero attached hydrogens (tertiary/aromatic N) is 4. The first kappa shape index (κ1) is 9.78. The third-order valence-corrected chi connectivity index (χ3v) is 20.9. The first-order valence-corrected chi connectivity index (χ1v) is 11.9. The fourth-order valence-corrected chi connectivity index (χ4v) is 20.8. The normalized spacial score (nSPS) is 41.5. The SMILES string of the molecule is C[Se]P123N4CCN1CCN2CCN3CC4. The zero-order chi connectivity index (χ0) is 10.1. The van der Waals surface area contributed by atoms with Gasteiger partial charge in [0.05, 0.1) is 0 Å². The van der Waals surface area contributed by atoms with Gasteiger partial charge in [-0.2, -0.15) is 0 Å². The summed E-state index contributed by atoms with van der Waals surface area (Å²) in [5, 5.41) is 0. The van der Waals surface area contributed by atoms with E-state index >= 15 is 0 Å². The molecule has 0 amide bonds.